The summed E-state index contributed by atoms with van der Waals surface area (Å²) in [6.45, 7) is 6.02. The summed E-state index contributed by atoms with van der Waals surface area (Å²) in [5.41, 5.74) is 0.263. The highest BCUT2D eigenvalue weighted by Crippen LogP contribution is 2.51. The summed E-state index contributed by atoms with van der Waals surface area (Å²) in [5.74, 6) is 1.24. The third-order valence-corrected chi connectivity index (χ3v) is 4.11. The Morgan fingerprint density at radius 1 is 1.17 bits per heavy atom. The molecular formula is C19H26O4. The van der Waals surface area contributed by atoms with Gasteiger partial charge in [0.15, 0.2) is 0 Å². The molecule has 4 heteroatoms. The maximum atomic E-state index is 13.0. The molecule has 1 aromatic rings. The fourth-order valence-electron chi connectivity index (χ4n) is 3.01. The average molecular weight is 318 g/mol. The normalized spacial score (nSPS) is 20.7. The van der Waals surface area contributed by atoms with Crippen LogP contribution in [0.25, 0.3) is 0 Å². The molecule has 1 unspecified atom stereocenters. The van der Waals surface area contributed by atoms with Crippen LogP contribution >= 0.6 is 0 Å². The highest BCUT2D eigenvalue weighted by Gasteiger charge is 2.58. The highest BCUT2D eigenvalue weighted by molar-refractivity contribution is 6.12. The average Bonchev–Trinajstić information content (AvgIpc) is 2.55. The van der Waals surface area contributed by atoms with E-state index in [2.05, 4.69) is 6.92 Å². The number of unbranched alkanes of at least 4 members (excludes halogenated alkanes) is 1. The van der Waals surface area contributed by atoms with Gasteiger partial charge >= 0.3 is 0 Å². The molecular weight excluding hydrogens is 292 g/mol. The number of benzene rings is 1. The van der Waals surface area contributed by atoms with Crippen molar-refractivity contribution >= 4 is 5.78 Å². The minimum absolute atomic E-state index is 0.0198. The summed E-state index contributed by atoms with van der Waals surface area (Å²) in [7, 11) is 3.14. The summed E-state index contributed by atoms with van der Waals surface area (Å²) < 4.78 is 17.2. The monoisotopic (exact) mass is 318 g/mol. The van der Waals surface area contributed by atoms with Crippen LogP contribution in [0.3, 0.4) is 0 Å². The van der Waals surface area contributed by atoms with Gasteiger partial charge in [-0.25, -0.2) is 0 Å². The highest BCUT2D eigenvalue weighted by atomic mass is 16.6. The second-order valence-corrected chi connectivity index (χ2v) is 5.99. The first-order valence-electron chi connectivity index (χ1n) is 8.16. The zero-order chi connectivity index (χ0) is 17.0. The van der Waals surface area contributed by atoms with Crippen LogP contribution in [0.4, 0.5) is 0 Å². The van der Waals surface area contributed by atoms with Gasteiger partial charge in [-0.2, -0.15) is 0 Å². The Kier molecular flexibility index (Phi) is 5.47. The van der Waals surface area contributed by atoms with Crippen LogP contribution in [0.1, 0.15) is 45.6 Å². The number of hydrogen-bond donors (Lipinski definition) is 0. The van der Waals surface area contributed by atoms with Crippen LogP contribution in [-0.4, -0.2) is 26.1 Å². The predicted molar refractivity (Wildman–Crippen MR) is 89.5 cm³/mol. The molecule has 0 aliphatic heterocycles. The summed E-state index contributed by atoms with van der Waals surface area (Å²) in [6, 6.07) is 7.45. The van der Waals surface area contributed by atoms with Gasteiger partial charge in [-0.1, -0.05) is 31.5 Å². The van der Waals surface area contributed by atoms with Crippen LogP contribution in [0.2, 0.25) is 0 Å². The van der Waals surface area contributed by atoms with Crippen molar-refractivity contribution in [3.8, 4) is 5.75 Å². The number of Topliss-reactive ketones (excluding diaryl/α,β-unsaturated/α-hetero) is 1. The van der Waals surface area contributed by atoms with Crippen molar-refractivity contribution in [2.24, 2.45) is 0 Å². The van der Waals surface area contributed by atoms with E-state index in [1.807, 2.05) is 38.1 Å². The topological polar surface area (TPSA) is 44.8 Å². The Morgan fingerprint density at radius 3 is 2.43 bits per heavy atom. The molecule has 23 heavy (non-hydrogen) atoms. The van der Waals surface area contributed by atoms with E-state index < -0.39 is 5.60 Å². The number of para-hydroxylation sites is 1. The van der Waals surface area contributed by atoms with E-state index in [-0.39, 0.29) is 11.9 Å². The van der Waals surface area contributed by atoms with Crippen LogP contribution in [-0.2, 0) is 19.9 Å². The smallest absolute Gasteiger partial charge is 0.216 e. The summed E-state index contributed by atoms with van der Waals surface area (Å²) in [5, 5.41) is 0. The van der Waals surface area contributed by atoms with Crippen molar-refractivity contribution in [3.63, 3.8) is 0 Å². The molecule has 0 saturated carbocycles. The van der Waals surface area contributed by atoms with Crippen molar-refractivity contribution in [1.29, 1.82) is 0 Å². The number of rotatable bonds is 8. The van der Waals surface area contributed by atoms with Crippen LogP contribution in [0, 0.1) is 0 Å². The van der Waals surface area contributed by atoms with E-state index in [0.29, 0.717) is 17.1 Å². The molecule has 0 radical (unpaired) electrons. The lowest BCUT2D eigenvalue weighted by Crippen LogP contribution is -2.51. The summed E-state index contributed by atoms with van der Waals surface area (Å²) in [4.78, 5) is 13.0. The molecule has 1 aromatic carbocycles. The van der Waals surface area contributed by atoms with Gasteiger partial charge in [-0.05, 0) is 32.8 Å². The zero-order valence-electron chi connectivity index (χ0n) is 14.6. The summed E-state index contributed by atoms with van der Waals surface area (Å²) in [6.07, 6.45) is 2.68. The minimum atomic E-state index is -1.18. The van der Waals surface area contributed by atoms with Gasteiger partial charge in [0.25, 0.3) is 0 Å². The van der Waals surface area contributed by atoms with E-state index in [1.54, 1.807) is 14.2 Å². The number of hydrogen-bond acceptors (Lipinski definition) is 4. The number of methoxy groups -OCH3 is 2. The molecule has 0 N–H and O–H groups in total. The standard InChI is InChI=1S/C19H26O4/c1-6-7-10-14-17(20)19(22-5,18(14)23-13(2)3)15-11-8-9-12-16(15)21-4/h8-9,11-13H,6-7,10H2,1-5H3. The van der Waals surface area contributed by atoms with Crippen molar-refractivity contribution in [2.45, 2.75) is 51.7 Å². The van der Waals surface area contributed by atoms with E-state index >= 15 is 0 Å². The Bertz CT molecular complexity index is 603. The van der Waals surface area contributed by atoms with Gasteiger partial charge in [-0.15, -0.1) is 0 Å². The van der Waals surface area contributed by atoms with Crippen molar-refractivity contribution in [3.05, 3.63) is 41.2 Å². The number of carbonyl (C=O) groups is 1. The van der Waals surface area contributed by atoms with E-state index in [1.165, 1.54) is 0 Å². The zero-order valence-corrected chi connectivity index (χ0v) is 14.6. The number of carbonyl (C=O) groups excluding carboxylic acids is 1. The van der Waals surface area contributed by atoms with E-state index in [0.717, 1.165) is 24.8 Å². The Balaban J connectivity index is 2.55. The molecule has 0 amide bonds. The maximum Gasteiger partial charge on any atom is 0.216 e. The molecule has 0 fully saturated rings. The van der Waals surface area contributed by atoms with Crippen molar-refractivity contribution in [2.75, 3.05) is 14.2 Å². The molecule has 0 heterocycles. The van der Waals surface area contributed by atoms with Crippen LogP contribution < -0.4 is 4.74 Å². The quantitative estimate of drug-likeness (QED) is 0.727. The van der Waals surface area contributed by atoms with Gasteiger partial charge in [0.1, 0.15) is 11.5 Å². The van der Waals surface area contributed by atoms with Crippen LogP contribution in [0.15, 0.2) is 35.6 Å². The lowest BCUT2D eigenvalue weighted by atomic mass is 9.71. The molecule has 4 nitrogen and oxygen atoms in total. The number of ether oxygens (including phenoxy) is 3. The van der Waals surface area contributed by atoms with Gasteiger partial charge < -0.3 is 14.2 Å². The Morgan fingerprint density at radius 2 is 1.87 bits per heavy atom. The van der Waals surface area contributed by atoms with Gasteiger partial charge in [0.05, 0.1) is 13.2 Å². The Labute approximate surface area is 138 Å². The maximum absolute atomic E-state index is 13.0. The van der Waals surface area contributed by atoms with Gasteiger partial charge in [0.2, 0.25) is 11.4 Å². The molecule has 1 aliphatic rings. The molecule has 1 aliphatic carbocycles. The molecule has 126 valence electrons. The van der Waals surface area contributed by atoms with Gasteiger partial charge in [0, 0.05) is 18.2 Å². The van der Waals surface area contributed by atoms with Crippen molar-refractivity contribution in [1.82, 2.24) is 0 Å². The second-order valence-electron chi connectivity index (χ2n) is 5.99. The molecule has 0 aromatic heterocycles. The minimum Gasteiger partial charge on any atom is -0.496 e. The molecule has 1 atom stereocenters. The molecule has 0 bridgehead atoms. The fourth-order valence-corrected chi connectivity index (χ4v) is 3.01. The molecule has 0 saturated heterocycles. The largest absolute Gasteiger partial charge is 0.496 e. The lowest BCUT2D eigenvalue weighted by Gasteiger charge is -2.43. The molecule has 2 rings (SSSR count). The van der Waals surface area contributed by atoms with E-state index in [4.69, 9.17) is 14.2 Å². The van der Waals surface area contributed by atoms with Crippen molar-refractivity contribution < 1.29 is 19.0 Å². The molecule has 0 spiro atoms. The SMILES string of the molecule is CCCCC1=C(OC(C)C)C(OC)(c2ccccc2OC)C1=O. The van der Waals surface area contributed by atoms with Crippen LogP contribution in [0.5, 0.6) is 5.75 Å². The summed E-state index contributed by atoms with van der Waals surface area (Å²) >= 11 is 0. The first kappa shape index (κ1) is 17.5. The predicted octanol–water partition coefficient (Wildman–Crippen LogP) is 3.99. The first-order chi connectivity index (χ1) is 11.0. The first-order valence-corrected chi connectivity index (χ1v) is 8.16. The number of ketones is 1. The van der Waals surface area contributed by atoms with Gasteiger partial charge in [-0.3, -0.25) is 4.79 Å². The second kappa shape index (κ2) is 7.18. The third-order valence-electron chi connectivity index (χ3n) is 4.11. The fraction of sp³-hybridized carbons (Fsp3) is 0.526. The van der Waals surface area contributed by atoms with E-state index in [9.17, 15) is 4.79 Å². The lowest BCUT2D eigenvalue weighted by molar-refractivity contribution is -0.148. The Hall–Kier alpha value is -1.81. The third kappa shape index (κ3) is 2.88.